The summed E-state index contributed by atoms with van der Waals surface area (Å²) in [5, 5.41) is 8.34. The van der Waals surface area contributed by atoms with Crippen LogP contribution >= 0.6 is 0 Å². The van der Waals surface area contributed by atoms with Gasteiger partial charge in [0.2, 0.25) is 0 Å². The Morgan fingerprint density at radius 2 is 2.15 bits per heavy atom. The molecule has 3 nitrogen and oxygen atoms in total. The Balaban J connectivity index is 2.34. The molecule has 0 aromatic heterocycles. The van der Waals surface area contributed by atoms with Crippen molar-refractivity contribution in [3.63, 3.8) is 0 Å². The fraction of sp³-hybridized carbons (Fsp3) is 0.875. The largest absolute Gasteiger partial charge is 0.480 e. The summed E-state index contributed by atoms with van der Waals surface area (Å²) in [6.07, 6.45) is 0.697. The smallest absolute Gasteiger partial charge is 0.320 e. The Bertz CT molecular complexity index is 204. The molecule has 0 spiro atoms. The van der Waals surface area contributed by atoms with E-state index in [1.807, 2.05) is 0 Å². The van der Waals surface area contributed by atoms with Crippen LogP contribution in [0, 0.1) is 5.92 Å². The number of aliphatic carboxylic acids is 1. The maximum atomic E-state index is 13.0. The zero-order chi connectivity index (χ0) is 10.1. The Morgan fingerprint density at radius 1 is 1.62 bits per heavy atom. The van der Waals surface area contributed by atoms with Crippen LogP contribution in [-0.4, -0.2) is 23.0 Å². The van der Waals surface area contributed by atoms with Crippen LogP contribution in [0.15, 0.2) is 0 Å². The Kier molecular flexibility index (Phi) is 2.85. The molecule has 1 saturated carbocycles. The van der Waals surface area contributed by atoms with Gasteiger partial charge in [-0.1, -0.05) is 0 Å². The SMILES string of the molecule is NC(CC(F)(F)CC1CC1)C(=O)O. The third-order valence-electron chi connectivity index (χ3n) is 2.12. The third kappa shape index (κ3) is 3.67. The first kappa shape index (κ1) is 10.4. The monoisotopic (exact) mass is 193 g/mol. The summed E-state index contributed by atoms with van der Waals surface area (Å²) < 4.78 is 26.0. The number of halogens is 2. The van der Waals surface area contributed by atoms with Gasteiger partial charge < -0.3 is 10.8 Å². The molecule has 0 aliphatic heterocycles. The molecule has 1 unspecified atom stereocenters. The number of alkyl halides is 2. The molecule has 76 valence electrons. The quantitative estimate of drug-likeness (QED) is 0.690. The van der Waals surface area contributed by atoms with Crippen molar-refractivity contribution < 1.29 is 18.7 Å². The average Bonchev–Trinajstić information content (AvgIpc) is 2.69. The van der Waals surface area contributed by atoms with Crippen molar-refractivity contribution in [2.45, 2.75) is 37.6 Å². The number of carboxylic acid groups (broad SMARTS) is 1. The van der Waals surface area contributed by atoms with Gasteiger partial charge in [-0.15, -0.1) is 0 Å². The van der Waals surface area contributed by atoms with Gasteiger partial charge in [0.1, 0.15) is 6.04 Å². The lowest BCUT2D eigenvalue weighted by atomic mass is 10.0. The minimum absolute atomic E-state index is 0.0796. The first-order chi connectivity index (χ1) is 5.91. The fourth-order valence-corrected chi connectivity index (χ4v) is 1.24. The van der Waals surface area contributed by atoms with Crippen molar-refractivity contribution in [2.24, 2.45) is 11.7 Å². The summed E-state index contributed by atoms with van der Waals surface area (Å²) in [6.45, 7) is 0. The molecular formula is C8H13F2NO2. The molecule has 1 aliphatic rings. The van der Waals surface area contributed by atoms with E-state index in [-0.39, 0.29) is 12.3 Å². The van der Waals surface area contributed by atoms with Crippen LogP contribution in [-0.2, 0) is 4.79 Å². The number of carboxylic acids is 1. The van der Waals surface area contributed by atoms with Gasteiger partial charge >= 0.3 is 5.97 Å². The van der Waals surface area contributed by atoms with Crippen LogP contribution in [0.25, 0.3) is 0 Å². The normalized spacial score (nSPS) is 19.9. The number of hydrogen-bond donors (Lipinski definition) is 2. The number of carbonyl (C=O) groups is 1. The first-order valence-corrected chi connectivity index (χ1v) is 4.27. The van der Waals surface area contributed by atoms with Crippen molar-refractivity contribution in [3.05, 3.63) is 0 Å². The number of hydrogen-bond acceptors (Lipinski definition) is 2. The van der Waals surface area contributed by atoms with Crippen molar-refractivity contribution in [3.8, 4) is 0 Å². The number of nitrogens with two attached hydrogens (primary N) is 1. The molecule has 13 heavy (non-hydrogen) atoms. The van der Waals surface area contributed by atoms with E-state index < -0.39 is 24.4 Å². The van der Waals surface area contributed by atoms with Crippen molar-refractivity contribution in [1.29, 1.82) is 0 Å². The van der Waals surface area contributed by atoms with E-state index >= 15 is 0 Å². The molecule has 3 N–H and O–H groups in total. The van der Waals surface area contributed by atoms with E-state index in [1.54, 1.807) is 0 Å². The topological polar surface area (TPSA) is 63.3 Å². The highest BCUT2D eigenvalue weighted by Gasteiger charge is 2.39. The van der Waals surface area contributed by atoms with Crippen molar-refractivity contribution in [2.75, 3.05) is 0 Å². The maximum Gasteiger partial charge on any atom is 0.320 e. The first-order valence-electron chi connectivity index (χ1n) is 4.27. The standard InChI is InChI=1S/C8H13F2NO2/c9-8(10,3-5-1-2-5)4-6(11)7(12)13/h5-6H,1-4,11H2,(H,12,13). The highest BCUT2D eigenvalue weighted by Crippen LogP contribution is 2.40. The molecule has 0 aromatic carbocycles. The molecule has 0 heterocycles. The zero-order valence-electron chi connectivity index (χ0n) is 7.17. The molecule has 0 bridgehead atoms. The van der Waals surface area contributed by atoms with Crippen molar-refractivity contribution in [1.82, 2.24) is 0 Å². The second kappa shape index (κ2) is 3.57. The molecule has 5 heteroatoms. The zero-order valence-corrected chi connectivity index (χ0v) is 7.17. The lowest BCUT2D eigenvalue weighted by Gasteiger charge is -2.17. The summed E-state index contributed by atoms with van der Waals surface area (Å²) in [4.78, 5) is 10.2. The third-order valence-corrected chi connectivity index (χ3v) is 2.12. The van der Waals surface area contributed by atoms with Gasteiger partial charge in [-0.2, -0.15) is 0 Å². The molecule has 1 aliphatic carbocycles. The average molecular weight is 193 g/mol. The van der Waals surface area contributed by atoms with Crippen LogP contribution in [0.2, 0.25) is 0 Å². The number of rotatable bonds is 5. The summed E-state index contributed by atoms with van der Waals surface area (Å²) in [6, 6.07) is -1.45. The summed E-state index contributed by atoms with van der Waals surface area (Å²) in [7, 11) is 0. The molecule has 0 saturated heterocycles. The van der Waals surface area contributed by atoms with Crippen molar-refractivity contribution >= 4 is 5.97 Å². The fourth-order valence-electron chi connectivity index (χ4n) is 1.24. The molecule has 1 fully saturated rings. The summed E-state index contributed by atoms with van der Waals surface area (Å²) in [5.41, 5.74) is 5.02. The molecule has 0 radical (unpaired) electrons. The molecule has 1 atom stereocenters. The van der Waals surface area contributed by atoms with E-state index in [9.17, 15) is 13.6 Å². The van der Waals surface area contributed by atoms with Gasteiger partial charge in [0.25, 0.3) is 5.92 Å². The molecule has 0 aromatic rings. The Hall–Kier alpha value is -0.710. The van der Waals surface area contributed by atoms with Crippen LogP contribution < -0.4 is 5.73 Å². The van der Waals surface area contributed by atoms with Crippen LogP contribution in [0.4, 0.5) is 8.78 Å². The minimum atomic E-state index is -2.92. The van der Waals surface area contributed by atoms with Crippen LogP contribution in [0.1, 0.15) is 25.7 Å². The minimum Gasteiger partial charge on any atom is -0.480 e. The van der Waals surface area contributed by atoms with E-state index in [2.05, 4.69) is 0 Å². The van der Waals surface area contributed by atoms with E-state index in [4.69, 9.17) is 10.8 Å². The van der Waals surface area contributed by atoms with E-state index in [0.29, 0.717) is 0 Å². The van der Waals surface area contributed by atoms with Gasteiger partial charge in [-0.3, -0.25) is 4.79 Å². The predicted octanol–water partition coefficient (Wildman–Crippen LogP) is 1.22. The molecule has 1 rings (SSSR count). The highest BCUT2D eigenvalue weighted by atomic mass is 19.3. The molecule has 0 amide bonds. The Morgan fingerprint density at radius 3 is 2.54 bits per heavy atom. The van der Waals surface area contributed by atoms with Crippen LogP contribution in [0.5, 0.6) is 0 Å². The Labute approximate surface area is 74.9 Å². The van der Waals surface area contributed by atoms with Gasteiger partial charge in [0, 0.05) is 12.8 Å². The summed E-state index contributed by atoms with van der Waals surface area (Å²) >= 11 is 0. The predicted molar refractivity (Wildman–Crippen MR) is 42.5 cm³/mol. The second-order valence-electron chi connectivity index (χ2n) is 3.65. The lowest BCUT2D eigenvalue weighted by Crippen LogP contribution is -2.37. The van der Waals surface area contributed by atoms with E-state index in [1.165, 1.54) is 0 Å². The van der Waals surface area contributed by atoms with Gasteiger partial charge in [-0.05, 0) is 18.8 Å². The van der Waals surface area contributed by atoms with Crippen LogP contribution in [0.3, 0.4) is 0 Å². The van der Waals surface area contributed by atoms with E-state index in [0.717, 1.165) is 12.8 Å². The van der Waals surface area contributed by atoms with Gasteiger partial charge in [0.15, 0.2) is 0 Å². The molecular weight excluding hydrogens is 180 g/mol. The maximum absolute atomic E-state index is 13.0. The lowest BCUT2D eigenvalue weighted by molar-refractivity contribution is -0.141. The second-order valence-corrected chi connectivity index (χ2v) is 3.65. The van der Waals surface area contributed by atoms with Gasteiger partial charge in [0.05, 0.1) is 0 Å². The highest BCUT2D eigenvalue weighted by molar-refractivity contribution is 5.73. The van der Waals surface area contributed by atoms with Gasteiger partial charge in [-0.25, -0.2) is 8.78 Å². The summed E-state index contributed by atoms with van der Waals surface area (Å²) in [5.74, 6) is -4.20.